The van der Waals surface area contributed by atoms with E-state index in [1.54, 1.807) is 22.1 Å². The van der Waals surface area contributed by atoms with Gasteiger partial charge in [0.15, 0.2) is 0 Å². The molecule has 168 valence electrons. The van der Waals surface area contributed by atoms with Crippen LogP contribution in [0.25, 0.3) is 0 Å². The van der Waals surface area contributed by atoms with Gasteiger partial charge in [-0.25, -0.2) is 0 Å². The maximum Gasteiger partial charge on any atom is 0.227 e. The molecule has 2 aromatic rings. The average molecular weight is 437 g/mol. The molecule has 1 aromatic heterocycles. The lowest BCUT2D eigenvalue weighted by Crippen LogP contribution is -2.43. The van der Waals surface area contributed by atoms with E-state index in [1.165, 1.54) is 0 Å². The van der Waals surface area contributed by atoms with E-state index in [2.05, 4.69) is 11.4 Å². The minimum Gasteiger partial charge on any atom is -0.467 e. The van der Waals surface area contributed by atoms with Gasteiger partial charge in [-0.3, -0.25) is 14.4 Å². The molecular weight excluding hydrogens is 408 g/mol. The van der Waals surface area contributed by atoms with Gasteiger partial charge >= 0.3 is 0 Å². The predicted molar refractivity (Wildman–Crippen MR) is 118 cm³/mol. The van der Waals surface area contributed by atoms with E-state index >= 15 is 0 Å². The van der Waals surface area contributed by atoms with E-state index in [9.17, 15) is 14.4 Å². The average Bonchev–Trinajstić information content (AvgIpc) is 3.36. The molecule has 0 unspecified atom stereocenters. The Hall–Kier alpha value is -3.60. The summed E-state index contributed by atoms with van der Waals surface area (Å²) in [4.78, 5) is 41.0. The van der Waals surface area contributed by atoms with E-state index in [0.29, 0.717) is 44.8 Å². The zero-order chi connectivity index (χ0) is 22.8. The number of nitrogens with zero attached hydrogens (tertiary/aromatic N) is 3. The van der Waals surface area contributed by atoms with Gasteiger partial charge < -0.3 is 19.5 Å². The van der Waals surface area contributed by atoms with Crippen molar-refractivity contribution in [3.05, 3.63) is 54.5 Å². The van der Waals surface area contributed by atoms with E-state index in [-0.39, 0.29) is 42.9 Å². The molecule has 2 heterocycles. The molecule has 0 spiro atoms. The lowest BCUT2D eigenvalue weighted by atomic mass is 9.95. The number of carbonyl (C=O) groups excluding carboxylic acids is 3. The lowest BCUT2D eigenvalue weighted by molar-refractivity contribution is -0.136. The quantitative estimate of drug-likeness (QED) is 0.650. The van der Waals surface area contributed by atoms with Gasteiger partial charge in [0.25, 0.3) is 0 Å². The summed E-state index contributed by atoms with van der Waals surface area (Å²) in [5.41, 5.74) is 0.724. The molecule has 8 nitrogen and oxygen atoms in total. The largest absolute Gasteiger partial charge is 0.467 e. The number of amides is 3. The Morgan fingerprint density at radius 2 is 1.84 bits per heavy atom. The van der Waals surface area contributed by atoms with Crippen molar-refractivity contribution in [3.63, 3.8) is 0 Å². The number of nitriles is 1. The summed E-state index contributed by atoms with van der Waals surface area (Å²) in [7, 11) is 0. The third-order valence-electron chi connectivity index (χ3n) is 5.60. The summed E-state index contributed by atoms with van der Waals surface area (Å²) in [6.45, 7) is 1.66. The van der Waals surface area contributed by atoms with Crippen LogP contribution in [0, 0.1) is 17.2 Å². The fraction of sp³-hybridized carbons (Fsp3) is 0.417. The number of carbonyl (C=O) groups is 3. The number of piperidine rings is 1. The van der Waals surface area contributed by atoms with Crippen LogP contribution >= 0.6 is 0 Å². The van der Waals surface area contributed by atoms with Crippen LogP contribution in [0.5, 0.6) is 0 Å². The molecule has 1 aliphatic rings. The predicted octanol–water partition coefficient (Wildman–Crippen LogP) is 2.86. The van der Waals surface area contributed by atoms with Crippen LogP contribution in [0.1, 0.15) is 37.9 Å². The Morgan fingerprint density at radius 1 is 1.09 bits per heavy atom. The number of hydrogen-bond acceptors (Lipinski definition) is 5. The Morgan fingerprint density at radius 3 is 2.50 bits per heavy atom. The molecule has 0 aliphatic carbocycles. The first-order chi connectivity index (χ1) is 15.6. The summed E-state index contributed by atoms with van der Waals surface area (Å²) < 4.78 is 5.22. The van der Waals surface area contributed by atoms with E-state index in [0.717, 1.165) is 5.69 Å². The number of rotatable bonds is 9. The smallest absolute Gasteiger partial charge is 0.227 e. The highest BCUT2D eigenvalue weighted by molar-refractivity contribution is 5.95. The van der Waals surface area contributed by atoms with Crippen molar-refractivity contribution in [1.29, 1.82) is 5.26 Å². The van der Waals surface area contributed by atoms with E-state index in [1.807, 2.05) is 36.4 Å². The number of para-hydroxylation sites is 1. The van der Waals surface area contributed by atoms with Crippen molar-refractivity contribution in [1.82, 2.24) is 10.2 Å². The second kappa shape index (κ2) is 11.7. The Labute approximate surface area is 187 Å². The minimum absolute atomic E-state index is 0.0281. The maximum absolute atomic E-state index is 12.7. The van der Waals surface area contributed by atoms with Crippen molar-refractivity contribution in [2.45, 2.75) is 38.6 Å². The summed E-state index contributed by atoms with van der Waals surface area (Å²) >= 11 is 0. The first-order valence-corrected chi connectivity index (χ1v) is 10.9. The molecule has 1 fully saturated rings. The fourth-order valence-corrected chi connectivity index (χ4v) is 3.80. The molecule has 1 N–H and O–H groups in total. The van der Waals surface area contributed by atoms with Gasteiger partial charge in [0.2, 0.25) is 17.7 Å². The fourth-order valence-electron chi connectivity index (χ4n) is 3.80. The molecule has 0 bridgehead atoms. The number of benzene rings is 1. The molecule has 3 rings (SSSR count). The number of nitrogens with one attached hydrogen (secondary N) is 1. The number of hydrogen-bond donors (Lipinski definition) is 1. The molecule has 0 atom stereocenters. The van der Waals surface area contributed by atoms with Gasteiger partial charge in [0.1, 0.15) is 5.76 Å². The summed E-state index contributed by atoms with van der Waals surface area (Å²) in [5, 5.41) is 11.8. The second-order valence-electron chi connectivity index (χ2n) is 7.74. The zero-order valence-electron chi connectivity index (χ0n) is 18.0. The Kier molecular flexibility index (Phi) is 8.44. The molecule has 0 radical (unpaired) electrons. The van der Waals surface area contributed by atoms with Crippen LogP contribution < -0.4 is 10.2 Å². The first-order valence-electron chi connectivity index (χ1n) is 10.9. The maximum atomic E-state index is 12.7. The molecule has 1 aliphatic heterocycles. The van der Waals surface area contributed by atoms with Crippen LogP contribution in [0.3, 0.4) is 0 Å². The highest BCUT2D eigenvalue weighted by atomic mass is 16.3. The summed E-state index contributed by atoms with van der Waals surface area (Å²) in [5.74, 6) is 0.290. The molecule has 0 saturated carbocycles. The molecular formula is C24H28N4O4. The van der Waals surface area contributed by atoms with Gasteiger partial charge in [-0.05, 0) is 37.1 Å². The minimum atomic E-state index is -0.174. The molecule has 1 aromatic carbocycles. The highest BCUT2D eigenvalue weighted by Gasteiger charge is 2.28. The monoisotopic (exact) mass is 436 g/mol. The standard InChI is InChI=1S/C24H28N4O4/c25-13-5-14-28(20-6-2-1-3-7-20)23(30)10-9-22(29)27-15-11-19(12-16-27)24(31)26-18-21-8-4-17-32-21/h1-4,6-8,17,19H,5,9-12,14-16,18H2,(H,26,31). The van der Waals surface area contributed by atoms with Crippen LogP contribution in [0.4, 0.5) is 5.69 Å². The van der Waals surface area contributed by atoms with Crippen LogP contribution in [-0.4, -0.2) is 42.3 Å². The molecule has 32 heavy (non-hydrogen) atoms. The molecule has 3 amide bonds. The summed E-state index contributed by atoms with van der Waals surface area (Å²) in [6.07, 6.45) is 3.19. The van der Waals surface area contributed by atoms with Gasteiger partial charge in [-0.1, -0.05) is 18.2 Å². The third kappa shape index (κ3) is 6.45. The highest BCUT2D eigenvalue weighted by Crippen LogP contribution is 2.20. The van der Waals surface area contributed by atoms with Crippen molar-refractivity contribution in [2.75, 3.05) is 24.5 Å². The van der Waals surface area contributed by atoms with Gasteiger partial charge in [0.05, 0.1) is 25.3 Å². The van der Waals surface area contributed by atoms with Crippen molar-refractivity contribution in [2.24, 2.45) is 5.92 Å². The molecule has 1 saturated heterocycles. The number of likely N-dealkylation sites (tertiary alicyclic amines) is 1. The van der Waals surface area contributed by atoms with Crippen molar-refractivity contribution in [3.8, 4) is 6.07 Å². The SMILES string of the molecule is N#CCCN(C(=O)CCC(=O)N1CCC(C(=O)NCc2ccco2)CC1)c1ccccc1. The van der Waals surface area contributed by atoms with Crippen LogP contribution in [-0.2, 0) is 20.9 Å². The third-order valence-corrected chi connectivity index (χ3v) is 5.60. The first kappa shape index (κ1) is 23.1. The van der Waals surface area contributed by atoms with E-state index in [4.69, 9.17) is 9.68 Å². The lowest BCUT2D eigenvalue weighted by Gasteiger charge is -2.31. The van der Waals surface area contributed by atoms with E-state index < -0.39 is 0 Å². The van der Waals surface area contributed by atoms with Crippen molar-refractivity contribution >= 4 is 23.4 Å². The molecule has 8 heteroatoms. The van der Waals surface area contributed by atoms with Gasteiger partial charge in [0, 0.05) is 44.1 Å². The van der Waals surface area contributed by atoms with Crippen LogP contribution in [0.2, 0.25) is 0 Å². The number of anilines is 1. The second-order valence-corrected chi connectivity index (χ2v) is 7.74. The van der Waals surface area contributed by atoms with Crippen molar-refractivity contribution < 1.29 is 18.8 Å². The zero-order valence-corrected chi connectivity index (χ0v) is 18.0. The normalized spacial score (nSPS) is 13.9. The Bertz CT molecular complexity index is 929. The van der Waals surface area contributed by atoms with Gasteiger partial charge in [-0.15, -0.1) is 0 Å². The topological polar surface area (TPSA) is 107 Å². The van der Waals surface area contributed by atoms with Gasteiger partial charge in [-0.2, -0.15) is 5.26 Å². The Balaban J connectivity index is 1.43. The number of furan rings is 1. The van der Waals surface area contributed by atoms with Crippen LogP contribution in [0.15, 0.2) is 53.1 Å². The summed E-state index contributed by atoms with van der Waals surface area (Å²) in [6, 6.07) is 14.8.